The Morgan fingerprint density at radius 2 is 1.81 bits per heavy atom. The fourth-order valence-electron chi connectivity index (χ4n) is 5.34. The van der Waals surface area contributed by atoms with Crippen molar-refractivity contribution in [3.8, 4) is 0 Å². The maximum Gasteiger partial charge on any atom is 0.245 e. The molecular weight excluding hydrogens is 482 g/mol. The molecule has 1 saturated carbocycles. The number of benzene rings is 1. The summed E-state index contributed by atoms with van der Waals surface area (Å²) in [5.41, 5.74) is -0.340. The van der Waals surface area contributed by atoms with Gasteiger partial charge in [-0.15, -0.1) is 0 Å². The molecule has 37 heavy (non-hydrogen) atoms. The van der Waals surface area contributed by atoms with Crippen LogP contribution < -0.4 is 10.6 Å². The molecule has 0 aromatic heterocycles. The minimum Gasteiger partial charge on any atom is -0.380 e. The third-order valence-corrected chi connectivity index (χ3v) is 7.49. The molecule has 1 aromatic rings. The highest BCUT2D eigenvalue weighted by atomic mass is 19.1. The first kappa shape index (κ1) is 28.8. The standard InChI is InChI=1S/C27H40F2N4O4/c1-27(2,3)24(31-25(35)19(16-33(37)17-34)14-18-6-4-5-7-18)26(36)32-12-10-21(11-13-32)30-23-9-8-20(28)15-22(23)29/h8-9,15,17-19,21,24,30,37H,4-7,10-14,16H2,1-3H3,(H,31,35)/t19?,24-/m1/s1. The predicted octanol–water partition coefficient (Wildman–Crippen LogP) is 3.94. The highest BCUT2D eigenvalue weighted by Gasteiger charge is 2.39. The van der Waals surface area contributed by atoms with Crippen molar-refractivity contribution in [1.29, 1.82) is 0 Å². The normalized spacial score (nSPS) is 18.8. The molecule has 2 fully saturated rings. The Morgan fingerprint density at radius 3 is 2.38 bits per heavy atom. The molecule has 8 nitrogen and oxygen atoms in total. The summed E-state index contributed by atoms with van der Waals surface area (Å²) in [6.45, 7) is 6.41. The third-order valence-electron chi connectivity index (χ3n) is 7.49. The number of hydrogen-bond donors (Lipinski definition) is 3. The van der Waals surface area contributed by atoms with Crippen molar-refractivity contribution in [3.63, 3.8) is 0 Å². The quantitative estimate of drug-likeness (QED) is 0.245. The molecule has 3 amide bonds. The number of halogens is 2. The van der Waals surface area contributed by atoms with Crippen LogP contribution in [-0.4, -0.2) is 65.1 Å². The van der Waals surface area contributed by atoms with Gasteiger partial charge in [0.2, 0.25) is 18.2 Å². The molecule has 0 bridgehead atoms. The van der Waals surface area contributed by atoms with Crippen LogP contribution in [-0.2, 0) is 14.4 Å². The summed E-state index contributed by atoms with van der Waals surface area (Å²) in [5, 5.41) is 16.3. The number of nitrogens with one attached hydrogen (secondary N) is 2. The molecule has 1 aliphatic heterocycles. The average molecular weight is 523 g/mol. The van der Waals surface area contributed by atoms with Crippen molar-refractivity contribution >= 4 is 23.9 Å². The Balaban J connectivity index is 1.63. The van der Waals surface area contributed by atoms with Crippen molar-refractivity contribution in [2.75, 3.05) is 25.0 Å². The molecule has 2 aliphatic rings. The van der Waals surface area contributed by atoms with Gasteiger partial charge < -0.3 is 15.5 Å². The van der Waals surface area contributed by atoms with Gasteiger partial charge in [0, 0.05) is 25.2 Å². The van der Waals surface area contributed by atoms with Gasteiger partial charge in [0.1, 0.15) is 17.7 Å². The van der Waals surface area contributed by atoms with Crippen molar-refractivity contribution in [2.45, 2.75) is 77.8 Å². The number of amides is 3. The lowest BCUT2D eigenvalue weighted by atomic mass is 9.84. The van der Waals surface area contributed by atoms with E-state index in [1.807, 2.05) is 20.8 Å². The van der Waals surface area contributed by atoms with Crippen LogP contribution in [0.1, 0.15) is 65.7 Å². The molecule has 0 spiro atoms. The van der Waals surface area contributed by atoms with Crippen molar-refractivity contribution in [3.05, 3.63) is 29.8 Å². The van der Waals surface area contributed by atoms with E-state index in [9.17, 15) is 28.4 Å². The smallest absolute Gasteiger partial charge is 0.245 e. The zero-order valence-corrected chi connectivity index (χ0v) is 22.0. The van der Waals surface area contributed by atoms with Crippen LogP contribution in [0.25, 0.3) is 0 Å². The maximum atomic E-state index is 14.0. The van der Waals surface area contributed by atoms with E-state index >= 15 is 0 Å². The Morgan fingerprint density at radius 1 is 1.16 bits per heavy atom. The molecule has 10 heteroatoms. The van der Waals surface area contributed by atoms with Gasteiger partial charge in [-0.2, -0.15) is 0 Å². The number of anilines is 1. The van der Waals surface area contributed by atoms with E-state index in [-0.39, 0.29) is 36.5 Å². The summed E-state index contributed by atoms with van der Waals surface area (Å²) < 4.78 is 27.2. The van der Waals surface area contributed by atoms with Crippen LogP contribution in [0, 0.1) is 28.9 Å². The molecule has 1 aromatic carbocycles. The van der Waals surface area contributed by atoms with E-state index in [0.717, 1.165) is 31.7 Å². The van der Waals surface area contributed by atoms with Crippen LogP contribution >= 0.6 is 0 Å². The number of hydrogen-bond acceptors (Lipinski definition) is 5. The Kier molecular flexibility index (Phi) is 9.87. The lowest BCUT2D eigenvalue weighted by Crippen LogP contribution is -2.58. The number of rotatable bonds is 10. The predicted molar refractivity (Wildman–Crippen MR) is 136 cm³/mol. The summed E-state index contributed by atoms with van der Waals surface area (Å²) in [6, 6.07) is 2.55. The van der Waals surface area contributed by atoms with E-state index < -0.39 is 29.0 Å². The molecular formula is C27H40F2N4O4. The molecule has 1 saturated heterocycles. The fourth-order valence-corrected chi connectivity index (χ4v) is 5.34. The molecule has 206 valence electrons. The van der Waals surface area contributed by atoms with Gasteiger partial charge in [-0.3, -0.25) is 19.6 Å². The lowest BCUT2D eigenvalue weighted by Gasteiger charge is -2.39. The minimum absolute atomic E-state index is 0.0682. The molecule has 1 aliphatic carbocycles. The van der Waals surface area contributed by atoms with E-state index in [1.54, 1.807) is 4.90 Å². The number of likely N-dealkylation sites (tertiary alicyclic amines) is 1. The van der Waals surface area contributed by atoms with Crippen LogP contribution in [0.15, 0.2) is 18.2 Å². The molecule has 1 unspecified atom stereocenters. The Bertz CT molecular complexity index is 941. The van der Waals surface area contributed by atoms with E-state index in [4.69, 9.17) is 0 Å². The van der Waals surface area contributed by atoms with Crippen LogP contribution in [0.2, 0.25) is 0 Å². The zero-order chi connectivity index (χ0) is 27.2. The Labute approximate surface area is 217 Å². The van der Waals surface area contributed by atoms with Crippen molar-refractivity contribution in [2.24, 2.45) is 17.3 Å². The molecule has 3 rings (SSSR count). The topological polar surface area (TPSA) is 102 Å². The zero-order valence-electron chi connectivity index (χ0n) is 22.0. The summed E-state index contributed by atoms with van der Waals surface area (Å²) in [7, 11) is 0. The van der Waals surface area contributed by atoms with Gasteiger partial charge in [0.25, 0.3) is 0 Å². The van der Waals surface area contributed by atoms with Gasteiger partial charge in [-0.25, -0.2) is 13.8 Å². The highest BCUT2D eigenvalue weighted by Crippen LogP contribution is 2.31. The van der Waals surface area contributed by atoms with Crippen molar-refractivity contribution < 1.29 is 28.4 Å². The summed E-state index contributed by atoms with van der Waals surface area (Å²) in [4.78, 5) is 39.6. The fraction of sp³-hybridized carbons (Fsp3) is 0.667. The van der Waals surface area contributed by atoms with Crippen molar-refractivity contribution in [1.82, 2.24) is 15.3 Å². The van der Waals surface area contributed by atoms with Gasteiger partial charge in [0.05, 0.1) is 18.2 Å². The molecule has 3 N–H and O–H groups in total. The highest BCUT2D eigenvalue weighted by molar-refractivity contribution is 5.89. The monoisotopic (exact) mass is 522 g/mol. The number of piperidine rings is 1. The van der Waals surface area contributed by atoms with Gasteiger partial charge in [-0.1, -0.05) is 46.5 Å². The van der Waals surface area contributed by atoms with Gasteiger partial charge in [0.15, 0.2) is 0 Å². The van der Waals surface area contributed by atoms with Crippen LogP contribution in [0.3, 0.4) is 0 Å². The summed E-state index contributed by atoms with van der Waals surface area (Å²) >= 11 is 0. The number of nitrogens with zero attached hydrogens (tertiary/aromatic N) is 2. The molecule has 1 heterocycles. The van der Waals surface area contributed by atoms with Gasteiger partial charge >= 0.3 is 0 Å². The van der Waals surface area contributed by atoms with E-state index in [0.29, 0.717) is 43.3 Å². The minimum atomic E-state index is -0.784. The second-order valence-corrected chi connectivity index (χ2v) is 11.5. The second kappa shape index (κ2) is 12.7. The SMILES string of the molecule is CC(C)(C)[C@H](NC(=O)C(CC1CCCC1)CN(O)C=O)C(=O)N1CCC(Nc2ccc(F)cc2F)CC1. The first-order chi connectivity index (χ1) is 17.5. The first-order valence-corrected chi connectivity index (χ1v) is 13.2. The van der Waals surface area contributed by atoms with Crippen LogP contribution in [0.4, 0.5) is 14.5 Å². The largest absolute Gasteiger partial charge is 0.380 e. The summed E-state index contributed by atoms with van der Waals surface area (Å²) in [6.07, 6.45) is 6.25. The average Bonchev–Trinajstić information content (AvgIpc) is 3.36. The number of hydroxylamine groups is 2. The number of carbonyl (C=O) groups excluding carboxylic acids is 3. The van der Waals surface area contributed by atoms with E-state index in [2.05, 4.69) is 10.6 Å². The number of carbonyl (C=O) groups is 3. The second-order valence-electron chi connectivity index (χ2n) is 11.5. The van der Waals surface area contributed by atoms with E-state index in [1.165, 1.54) is 12.1 Å². The maximum absolute atomic E-state index is 14.0. The summed E-state index contributed by atoms with van der Waals surface area (Å²) in [5.74, 6) is -2.08. The lowest BCUT2D eigenvalue weighted by molar-refractivity contribution is -0.156. The molecule has 0 radical (unpaired) electrons. The Hall–Kier alpha value is -2.75. The third kappa shape index (κ3) is 8.12. The van der Waals surface area contributed by atoms with Gasteiger partial charge in [-0.05, 0) is 42.7 Å². The van der Waals surface area contributed by atoms with Crippen LogP contribution in [0.5, 0.6) is 0 Å². The molecule has 2 atom stereocenters. The first-order valence-electron chi connectivity index (χ1n) is 13.2.